The molecule has 1 saturated heterocycles. The van der Waals surface area contributed by atoms with Crippen molar-refractivity contribution in [3.8, 4) is 0 Å². The van der Waals surface area contributed by atoms with Crippen LogP contribution in [0.1, 0.15) is 81.6 Å². The average molecular weight is 474 g/mol. The maximum Gasteiger partial charge on any atom is 0.251 e. The van der Waals surface area contributed by atoms with Crippen LogP contribution in [-0.2, 0) is 16.1 Å². The number of nitrogens with one attached hydrogen (secondary N) is 1. The van der Waals surface area contributed by atoms with Crippen molar-refractivity contribution in [2.45, 2.75) is 84.3 Å². The summed E-state index contributed by atoms with van der Waals surface area (Å²) in [5.74, 6) is -0.0163. The summed E-state index contributed by atoms with van der Waals surface area (Å²) in [6.45, 7) is 9.49. The molecular weight excluding hydrogens is 430 g/mol. The Morgan fingerprint density at radius 3 is 2.41 bits per heavy atom. The van der Waals surface area contributed by atoms with E-state index in [9.17, 15) is 14.7 Å². The van der Waals surface area contributed by atoms with Gasteiger partial charge in [0, 0.05) is 50.5 Å². The molecular formula is C27H43N3O4. The lowest BCUT2D eigenvalue weighted by Crippen LogP contribution is -2.41. The van der Waals surface area contributed by atoms with E-state index >= 15 is 0 Å². The van der Waals surface area contributed by atoms with Gasteiger partial charge in [-0.05, 0) is 61.9 Å². The number of benzene rings is 1. The van der Waals surface area contributed by atoms with E-state index in [1.165, 1.54) is 12.8 Å². The number of fused-ring (bicyclic) bond motifs is 1. The third kappa shape index (κ3) is 7.27. The summed E-state index contributed by atoms with van der Waals surface area (Å²) in [6.07, 6.45) is 7.69. The van der Waals surface area contributed by atoms with Gasteiger partial charge in [-0.1, -0.05) is 33.1 Å². The second kappa shape index (κ2) is 13.2. The number of aliphatic hydroxyl groups is 1. The van der Waals surface area contributed by atoms with E-state index in [1.54, 1.807) is 6.92 Å². The van der Waals surface area contributed by atoms with E-state index in [4.69, 9.17) is 4.74 Å². The summed E-state index contributed by atoms with van der Waals surface area (Å²) in [6, 6.07) is 5.85. The van der Waals surface area contributed by atoms with Crippen LogP contribution in [0.4, 0.5) is 5.69 Å². The minimum atomic E-state index is -0.291. The van der Waals surface area contributed by atoms with Crippen LogP contribution in [0.15, 0.2) is 18.2 Å². The SMILES string of the molecule is CC(=O)N1CCCCCCCN(C2CCOCC2)Cc2cc(C(=O)N[C@H](CO)C(C)C)ccc21. The van der Waals surface area contributed by atoms with Gasteiger partial charge in [0.15, 0.2) is 0 Å². The van der Waals surface area contributed by atoms with Crippen molar-refractivity contribution in [1.82, 2.24) is 10.2 Å². The highest BCUT2D eigenvalue weighted by Gasteiger charge is 2.25. The third-order valence-electron chi connectivity index (χ3n) is 7.24. The van der Waals surface area contributed by atoms with Gasteiger partial charge in [-0.2, -0.15) is 0 Å². The quantitative estimate of drug-likeness (QED) is 0.681. The Bertz CT molecular complexity index is 807. The fourth-order valence-corrected chi connectivity index (χ4v) is 5.01. The highest BCUT2D eigenvalue weighted by Crippen LogP contribution is 2.28. The van der Waals surface area contributed by atoms with E-state index in [1.807, 2.05) is 36.9 Å². The lowest BCUT2D eigenvalue weighted by atomic mass is 10.0. The van der Waals surface area contributed by atoms with Crippen LogP contribution in [0.5, 0.6) is 0 Å². The van der Waals surface area contributed by atoms with Gasteiger partial charge in [0.1, 0.15) is 0 Å². The molecule has 34 heavy (non-hydrogen) atoms. The number of amides is 2. The van der Waals surface area contributed by atoms with Gasteiger partial charge in [-0.3, -0.25) is 14.5 Å². The van der Waals surface area contributed by atoms with Gasteiger partial charge in [0.2, 0.25) is 5.91 Å². The van der Waals surface area contributed by atoms with Gasteiger partial charge >= 0.3 is 0 Å². The Labute approximate surface area is 204 Å². The number of ether oxygens (including phenoxy) is 1. The van der Waals surface area contributed by atoms with Gasteiger partial charge in [-0.15, -0.1) is 0 Å². The monoisotopic (exact) mass is 473 g/mol. The number of carbonyl (C=O) groups excluding carboxylic acids is 2. The molecule has 7 nitrogen and oxygen atoms in total. The summed E-state index contributed by atoms with van der Waals surface area (Å²) in [5, 5.41) is 12.6. The van der Waals surface area contributed by atoms with Gasteiger partial charge in [-0.25, -0.2) is 0 Å². The molecule has 0 aliphatic carbocycles. The summed E-state index contributed by atoms with van der Waals surface area (Å²) in [4.78, 5) is 30.1. The van der Waals surface area contributed by atoms with Crippen molar-refractivity contribution >= 4 is 17.5 Å². The van der Waals surface area contributed by atoms with Crippen LogP contribution >= 0.6 is 0 Å². The highest BCUT2D eigenvalue weighted by molar-refractivity contribution is 5.97. The summed E-state index contributed by atoms with van der Waals surface area (Å²) >= 11 is 0. The van der Waals surface area contributed by atoms with Crippen molar-refractivity contribution in [3.05, 3.63) is 29.3 Å². The topological polar surface area (TPSA) is 82.1 Å². The molecule has 3 rings (SSSR count). The lowest BCUT2D eigenvalue weighted by Gasteiger charge is -2.36. The zero-order valence-corrected chi connectivity index (χ0v) is 21.2. The standard InChI is InChI=1S/C27H43N3O4/c1-20(2)25(19-31)28-27(33)22-9-10-26-23(17-22)18-29(24-11-15-34-16-12-24)13-7-5-4-6-8-14-30(26)21(3)32/h9-10,17,20,24-25,31H,4-8,11-16,18-19H2,1-3H3,(H,28,33)/t25-/m1/s1. The molecule has 0 aromatic heterocycles. The zero-order valence-electron chi connectivity index (χ0n) is 21.2. The number of hydrogen-bond acceptors (Lipinski definition) is 5. The first kappa shape index (κ1) is 26.6. The van der Waals surface area contributed by atoms with Crippen LogP contribution < -0.4 is 10.2 Å². The smallest absolute Gasteiger partial charge is 0.251 e. The molecule has 2 aliphatic rings. The fourth-order valence-electron chi connectivity index (χ4n) is 5.01. The Morgan fingerprint density at radius 1 is 1.09 bits per heavy atom. The fraction of sp³-hybridized carbons (Fsp3) is 0.704. The van der Waals surface area contributed by atoms with E-state index in [0.29, 0.717) is 24.7 Å². The van der Waals surface area contributed by atoms with Crippen molar-refractivity contribution in [3.63, 3.8) is 0 Å². The predicted octanol–water partition coefficient (Wildman–Crippen LogP) is 3.73. The average Bonchev–Trinajstić information content (AvgIpc) is 2.82. The first-order valence-electron chi connectivity index (χ1n) is 13.0. The molecule has 2 aliphatic heterocycles. The molecule has 2 heterocycles. The number of rotatable bonds is 5. The minimum Gasteiger partial charge on any atom is -0.394 e. The van der Waals surface area contributed by atoms with Gasteiger partial charge in [0.05, 0.1) is 12.6 Å². The summed E-state index contributed by atoms with van der Waals surface area (Å²) < 4.78 is 5.61. The summed E-state index contributed by atoms with van der Waals surface area (Å²) in [7, 11) is 0. The van der Waals surface area contributed by atoms with Gasteiger partial charge < -0.3 is 20.1 Å². The van der Waals surface area contributed by atoms with Crippen molar-refractivity contribution in [1.29, 1.82) is 0 Å². The lowest BCUT2D eigenvalue weighted by molar-refractivity contribution is -0.116. The Hall–Kier alpha value is -1.96. The van der Waals surface area contributed by atoms with Crippen LogP contribution in [0.2, 0.25) is 0 Å². The second-order valence-corrected chi connectivity index (χ2v) is 10.1. The second-order valence-electron chi connectivity index (χ2n) is 10.1. The minimum absolute atomic E-state index is 0.0354. The maximum absolute atomic E-state index is 13.0. The van der Waals surface area contributed by atoms with E-state index in [2.05, 4.69) is 10.2 Å². The van der Waals surface area contributed by atoms with Crippen LogP contribution in [0.25, 0.3) is 0 Å². The van der Waals surface area contributed by atoms with Crippen molar-refractivity contribution < 1.29 is 19.4 Å². The molecule has 0 bridgehead atoms. The molecule has 0 unspecified atom stereocenters. The zero-order chi connectivity index (χ0) is 24.5. The maximum atomic E-state index is 13.0. The van der Waals surface area contributed by atoms with E-state index in [-0.39, 0.29) is 30.4 Å². The first-order valence-corrected chi connectivity index (χ1v) is 13.0. The van der Waals surface area contributed by atoms with Gasteiger partial charge in [0.25, 0.3) is 5.91 Å². The number of carbonyl (C=O) groups is 2. The predicted molar refractivity (Wildman–Crippen MR) is 135 cm³/mol. The van der Waals surface area contributed by atoms with E-state index in [0.717, 1.165) is 63.1 Å². The Morgan fingerprint density at radius 2 is 1.76 bits per heavy atom. The molecule has 2 amide bonds. The third-order valence-corrected chi connectivity index (χ3v) is 7.24. The Balaban J connectivity index is 1.95. The molecule has 1 atom stereocenters. The molecule has 190 valence electrons. The molecule has 1 aromatic carbocycles. The molecule has 0 spiro atoms. The molecule has 1 aromatic rings. The number of hydrogen-bond donors (Lipinski definition) is 2. The van der Waals surface area contributed by atoms with E-state index < -0.39 is 0 Å². The largest absolute Gasteiger partial charge is 0.394 e. The summed E-state index contributed by atoms with van der Waals surface area (Å²) in [5.41, 5.74) is 2.49. The Kier molecular flexibility index (Phi) is 10.4. The van der Waals surface area contributed by atoms with Crippen LogP contribution in [0, 0.1) is 5.92 Å². The molecule has 0 saturated carbocycles. The normalized spacial score (nSPS) is 20.2. The molecule has 2 N–H and O–H groups in total. The van der Waals surface area contributed by atoms with Crippen molar-refractivity contribution in [2.24, 2.45) is 5.92 Å². The number of nitrogens with zero attached hydrogens (tertiary/aromatic N) is 2. The number of anilines is 1. The molecule has 1 fully saturated rings. The molecule has 7 heteroatoms. The number of aliphatic hydroxyl groups excluding tert-OH is 1. The highest BCUT2D eigenvalue weighted by atomic mass is 16.5. The first-order chi connectivity index (χ1) is 16.4. The van der Waals surface area contributed by atoms with Crippen molar-refractivity contribution in [2.75, 3.05) is 37.8 Å². The van der Waals surface area contributed by atoms with Crippen LogP contribution in [0.3, 0.4) is 0 Å². The molecule has 0 radical (unpaired) electrons. The van der Waals surface area contributed by atoms with Crippen LogP contribution in [-0.4, -0.2) is 66.8 Å².